The predicted octanol–water partition coefficient (Wildman–Crippen LogP) is 3.20. The molecule has 0 bridgehead atoms. The molecule has 0 unspecified atom stereocenters. The van der Waals surface area contributed by atoms with Gasteiger partial charge in [-0.1, -0.05) is 6.07 Å². The first-order chi connectivity index (χ1) is 15.0. The van der Waals surface area contributed by atoms with Gasteiger partial charge in [-0.05, 0) is 36.6 Å². The normalized spacial score (nSPS) is 14.4. The molecule has 0 N–H and O–H groups in total. The van der Waals surface area contributed by atoms with Gasteiger partial charge in [0.05, 0.1) is 33.5 Å². The molecule has 8 nitrogen and oxygen atoms in total. The van der Waals surface area contributed by atoms with Crippen molar-refractivity contribution in [1.82, 2.24) is 24.6 Å². The van der Waals surface area contributed by atoms with Gasteiger partial charge in [0, 0.05) is 33.2 Å². The summed E-state index contributed by atoms with van der Waals surface area (Å²) in [6, 6.07) is 9.19. The highest BCUT2D eigenvalue weighted by molar-refractivity contribution is 7.13. The lowest BCUT2D eigenvalue weighted by molar-refractivity contribution is 0.0519. The highest BCUT2D eigenvalue weighted by Gasteiger charge is 2.29. The van der Waals surface area contributed by atoms with Crippen LogP contribution in [0.25, 0.3) is 21.6 Å². The molecular formula is C22H21N5O3S. The molecule has 31 heavy (non-hydrogen) atoms. The van der Waals surface area contributed by atoms with Crippen molar-refractivity contribution in [3.8, 4) is 10.6 Å². The fourth-order valence-corrected chi connectivity index (χ4v) is 4.69. The van der Waals surface area contributed by atoms with Gasteiger partial charge in [-0.3, -0.25) is 14.3 Å². The molecule has 158 valence electrons. The topological polar surface area (TPSA) is 84.5 Å². The number of amides is 2. The summed E-state index contributed by atoms with van der Waals surface area (Å²) in [6.07, 6.45) is 1.49. The van der Waals surface area contributed by atoms with Gasteiger partial charge in [-0.25, -0.2) is 4.98 Å². The molecule has 4 aromatic heterocycles. The maximum atomic E-state index is 13.5. The number of aryl methyl sites for hydroxylation is 2. The first kappa shape index (κ1) is 19.5. The Kier molecular flexibility index (Phi) is 4.82. The molecule has 5 rings (SSSR count). The second kappa shape index (κ2) is 7.66. The van der Waals surface area contributed by atoms with Crippen molar-refractivity contribution in [2.75, 3.05) is 26.2 Å². The second-order valence-electron chi connectivity index (χ2n) is 7.50. The molecule has 1 aliphatic rings. The fraction of sp³-hybridized carbons (Fsp3) is 0.273. The smallest absolute Gasteiger partial charge is 0.289 e. The van der Waals surface area contributed by atoms with Gasteiger partial charge in [0.25, 0.3) is 11.8 Å². The number of piperazine rings is 1. The molecule has 0 aliphatic carbocycles. The zero-order valence-corrected chi connectivity index (χ0v) is 18.1. The highest BCUT2D eigenvalue weighted by Crippen LogP contribution is 2.30. The van der Waals surface area contributed by atoms with Gasteiger partial charge < -0.3 is 14.2 Å². The summed E-state index contributed by atoms with van der Waals surface area (Å²) < 4.78 is 6.94. The van der Waals surface area contributed by atoms with Crippen LogP contribution in [0.5, 0.6) is 0 Å². The van der Waals surface area contributed by atoms with E-state index in [2.05, 4.69) is 5.10 Å². The van der Waals surface area contributed by atoms with Gasteiger partial charge in [-0.2, -0.15) is 5.10 Å². The number of aromatic nitrogens is 3. The third kappa shape index (κ3) is 3.40. The number of nitrogens with zero attached hydrogens (tertiary/aromatic N) is 5. The Balaban J connectivity index is 1.44. The lowest BCUT2D eigenvalue weighted by Crippen LogP contribution is -2.50. The van der Waals surface area contributed by atoms with E-state index in [0.29, 0.717) is 43.1 Å². The van der Waals surface area contributed by atoms with Crippen molar-refractivity contribution in [3.05, 3.63) is 59.0 Å². The van der Waals surface area contributed by atoms with Crippen molar-refractivity contribution in [2.45, 2.75) is 6.92 Å². The average molecular weight is 436 g/mol. The Hall–Kier alpha value is -3.46. The number of hydrogen-bond donors (Lipinski definition) is 0. The Morgan fingerprint density at radius 1 is 1.06 bits per heavy atom. The molecule has 2 amide bonds. The van der Waals surface area contributed by atoms with E-state index < -0.39 is 0 Å². The third-order valence-corrected chi connectivity index (χ3v) is 6.45. The average Bonchev–Trinajstić information content (AvgIpc) is 3.55. The van der Waals surface area contributed by atoms with E-state index in [1.807, 2.05) is 37.6 Å². The van der Waals surface area contributed by atoms with Crippen molar-refractivity contribution in [3.63, 3.8) is 0 Å². The summed E-state index contributed by atoms with van der Waals surface area (Å²) in [5.74, 6) is 0.111. The second-order valence-corrected chi connectivity index (χ2v) is 8.45. The van der Waals surface area contributed by atoms with Crippen molar-refractivity contribution >= 4 is 34.2 Å². The summed E-state index contributed by atoms with van der Waals surface area (Å²) in [7, 11) is 1.84. The Labute approximate surface area is 182 Å². The number of pyridine rings is 1. The maximum absolute atomic E-state index is 13.5. The number of carbonyl (C=O) groups excluding carboxylic acids is 2. The van der Waals surface area contributed by atoms with E-state index in [1.54, 1.807) is 38.0 Å². The molecule has 0 aromatic carbocycles. The minimum atomic E-state index is -0.147. The Morgan fingerprint density at radius 3 is 2.45 bits per heavy atom. The van der Waals surface area contributed by atoms with Gasteiger partial charge >= 0.3 is 0 Å². The van der Waals surface area contributed by atoms with Crippen LogP contribution in [-0.4, -0.2) is 62.6 Å². The van der Waals surface area contributed by atoms with E-state index in [9.17, 15) is 9.59 Å². The first-order valence-corrected chi connectivity index (χ1v) is 10.9. The van der Waals surface area contributed by atoms with Crippen LogP contribution in [0.15, 0.2) is 46.4 Å². The molecule has 9 heteroatoms. The van der Waals surface area contributed by atoms with Crippen LogP contribution in [0.3, 0.4) is 0 Å². The SMILES string of the molecule is Cc1nn(C)c2nc(-c3cccs3)cc(C(=O)N3CCN(C(=O)c4ccco4)CC3)c12. The summed E-state index contributed by atoms with van der Waals surface area (Å²) in [6.45, 7) is 3.74. The van der Waals surface area contributed by atoms with Gasteiger partial charge in [0.15, 0.2) is 11.4 Å². The van der Waals surface area contributed by atoms with E-state index in [-0.39, 0.29) is 11.8 Å². The number of thiophene rings is 1. The summed E-state index contributed by atoms with van der Waals surface area (Å²) >= 11 is 1.59. The van der Waals surface area contributed by atoms with Crippen molar-refractivity contribution in [1.29, 1.82) is 0 Å². The fourth-order valence-electron chi connectivity index (χ4n) is 4.00. The summed E-state index contributed by atoms with van der Waals surface area (Å²) in [5.41, 5.74) is 2.83. The monoisotopic (exact) mass is 435 g/mol. The summed E-state index contributed by atoms with van der Waals surface area (Å²) in [4.78, 5) is 35.3. The molecule has 4 aromatic rings. The minimum Gasteiger partial charge on any atom is -0.459 e. The zero-order valence-electron chi connectivity index (χ0n) is 17.2. The quantitative estimate of drug-likeness (QED) is 0.493. The van der Waals surface area contributed by atoms with Crippen LogP contribution in [0.2, 0.25) is 0 Å². The molecule has 1 aliphatic heterocycles. The van der Waals surface area contributed by atoms with E-state index in [1.165, 1.54) is 6.26 Å². The van der Waals surface area contributed by atoms with Crippen LogP contribution in [0.4, 0.5) is 0 Å². The van der Waals surface area contributed by atoms with E-state index in [0.717, 1.165) is 21.7 Å². The molecule has 1 fully saturated rings. The lowest BCUT2D eigenvalue weighted by atomic mass is 10.1. The van der Waals surface area contributed by atoms with Crippen molar-refractivity contribution in [2.24, 2.45) is 7.05 Å². The van der Waals surface area contributed by atoms with Gasteiger partial charge in [0.1, 0.15) is 0 Å². The maximum Gasteiger partial charge on any atom is 0.289 e. The zero-order chi connectivity index (χ0) is 21.5. The predicted molar refractivity (Wildman–Crippen MR) is 117 cm³/mol. The van der Waals surface area contributed by atoms with Gasteiger partial charge in [-0.15, -0.1) is 11.3 Å². The third-order valence-electron chi connectivity index (χ3n) is 5.56. The molecule has 1 saturated heterocycles. The number of furan rings is 1. The van der Waals surface area contributed by atoms with Crippen LogP contribution < -0.4 is 0 Å². The van der Waals surface area contributed by atoms with Crippen molar-refractivity contribution < 1.29 is 14.0 Å². The lowest BCUT2D eigenvalue weighted by Gasteiger charge is -2.34. The number of carbonyl (C=O) groups is 2. The van der Waals surface area contributed by atoms with E-state index in [4.69, 9.17) is 9.40 Å². The van der Waals surface area contributed by atoms with Crippen LogP contribution in [-0.2, 0) is 7.05 Å². The Bertz CT molecular complexity index is 1250. The molecular weight excluding hydrogens is 414 g/mol. The summed E-state index contributed by atoms with van der Waals surface area (Å²) in [5, 5.41) is 7.26. The molecule has 5 heterocycles. The van der Waals surface area contributed by atoms with Gasteiger partial charge in [0.2, 0.25) is 0 Å². The number of rotatable bonds is 3. The number of fused-ring (bicyclic) bond motifs is 1. The molecule has 0 radical (unpaired) electrons. The Morgan fingerprint density at radius 2 is 1.81 bits per heavy atom. The molecule has 0 spiro atoms. The van der Waals surface area contributed by atoms with Crippen LogP contribution in [0.1, 0.15) is 26.6 Å². The standard InChI is InChI=1S/C22H21N5O3S/c1-14-19-15(13-16(18-6-4-12-31-18)23-20(19)25(2)24-14)21(28)26-7-9-27(10-8-26)22(29)17-5-3-11-30-17/h3-6,11-13H,7-10H2,1-2H3. The molecule has 0 saturated carbocycles. The largest absolute Gasteiger partial charge is 0.459 e. The van der Waals surface area contributed by atoms with Crippen LogP contribution in [0, 0.1) is 6.92 Å². The first-order valence-electron chi connectivity index (χ1n) is 10.0. The number of hydrogen-bond acceptors (Lipinski definition) is 6. The molecule has 0 atom stereocenters. The van der Waals surface area contributed by atoms with Crippen LogP contribution >= 0.6 is 11.3 Å². The minimum absolute atomic E-state index is 0.0635. The van der Waals surface area contributed by atoms with E-state index >= 15 is 0 Å². The highest BCUT2D eigenvalue weighted by atomic mass is 32.1.